The molecule has 8 nitrogen and oxygen atoms in total. The fraction of sp³-hybridized carbons (Fsp3) is 0.333. The first-order valence-corrected chi connectivity index (χ1v) is 8.66. The van der Waals surface area contributed by atoms with Gasteiger partial charge in [0.25, 0.3) is 0 Å². The summed E-state index contributed by atoms with van der Waals surface area (Å²) in [5, 5.41) is 10.1. The Labute approximate surface area is 156 Å². The van der Waals surface area contributed by atoms with Crippen LogP contribution < -0.4 is 15.4 Å². The predicted octanol–water partition coefficient (Wildman–Crippen LogP) is 2.31. The third-order valence-electron chi connectivity index (χ3n) is 3.47. The highest BCUT2D eigenvalue weighted by Gasteiger charge is 2.09. The molecule has 0 radical (unpaired) electrons. The number of carbonyl (C=O) groups is 1. The number of rotatable bonds is 8. The minimum absolute atomic E-state index is 0.271. The van der Waals surface area contributed by atoms with Gasteiger partial charge in [0.05, 0.1) is 18.0 Å². The second-order valence-electron chi connectivity index (χ2n) is 5.22. The maximum Gasteiger partial charge on any atom is 0.218 e. The molecular formula is C18H23FN6O2. The van der Waals surface area contributed by atoms with Crippen molar-refractivity contribution < 1.29 is 13.9 Å². The Morgan fingerprint density at radius 2 is 2.15 bits per heavy atom. The van der Waals surface area contributed by atoms with Gasteiger partial charge in [-0.3, -0.25) is 4.79 Å². The first-order chi connectivity index (χ1) is 13.2. The van der Waals surface area contributed by atoms with Crippen LogP contribution >= 0.6 is 0 Å². The largest absolute Gasteiger partial charge is 0.476 e. The third-order valence-corrected chi connectivity index (χ3v) is 3.47. The molecular weight excluding hydrogens is 351 g/mol. The van der Waals surface area contributed by atoms with Gasteiger partial charge in [-0.25, -0.2) is 18.9 Å². The average molecular weight is 374 g/mol. The van der Waals surface area contributed by atoms with E-state index in [-0.39, 0.29) is 6.54 Å². The summed E-state index contributed by atoms with van der Waals surface area (Å²) in [5.74, 6) is 0.449. The number of fused-ring (bicyclic) bond motifs is 1. The van der Waals surface area contributed by atoms with E-state index in [9.17, 15) is 9.18 Å². The number of nitrogens with zero attached hydrogens (tertiary/aromatic N) is 4. The number of carbonyl (C=O) groups excluding carboxylic acids is 1. The van der Waals surface area contributed by atoms with Gasteiger partial charge in [0.15, 0.2) is 11.9 Å². The summed E-state index contributed by atoms with van der Waals surface area (Å²) >= 11 is 0. The predicted molar refractivity (Wildman–Crippen MR) is 101 cm³/mol. The smallest absolute Gasteiger partial charge is 0.218 e. The molecule has 0 aliphatic heterocycles. The molecule has 144 valence electrons. The maximum absolute atomic E-state index is 13.5. The van der Waals surface area contributed by atoms with E-state index in [0.29, 0.717) is 47.9 Å². The van der Waals surface area contributed by atoms with Crippen molar-refractivity contribution in [3.8, 4) is 5.88 Å². The lowest BCUT2D eigenvalue weighted by Gasteiger charge is -2.11. The molecule has 0 unspecified atom stereocenters. The van der Waals surface area contributed by atoms with Crippen molar-refractivity contribution in [1.29, 1.82) is 0 Å². The van der Waals surface area contributed by atoms with Crippen LogP contribution in [0.5, 0.6) is 5.88 Å². The summed E-state index contributed by atoms with van der Waals surface area (Å²) in [6, 6.07) is 3.08. The first-order valence-electron chi connectivity index (χ1n) is 8.66. The van der Waals surface area contributed by atoms with Gasteiger partial charge in [-0.2, -0.15) is 5.10 Å². The van der Waals surface area contributed by atoms with Crippen molar-refractivity contribution in [2.24, 2.45) is 0 Å². The number of halogens is 1. The van der Waals surface area contributed by atoms with Crippen LogP contribution in [0.3, 0.4) is 0 Å². The topological polar surface area (TPSA) is 93.4 Å². The van der Waals surface area contributed by atoms with Gasteiger partial charge < -0.3 is 15.4 Å². The van der Waals surface area contributed by atoms with Crippen LogP contribution in [0.2, 0.25) is 0 Å². The van der Waals surface area contributed by atoms with E-state index in [0.717, 1.165) is 6.20 Å². The lowest BCUT2D eigenvalue weighted by Crippen LogP contribution is -2.17. The van der Waals surface area contributed by atoms with E-state index in [1.807, 2.05) is 20.9 Å². The Balaban J connectivity index is 0.00000126. The Hall–Kier alpha value is -3.07. The summed E-state index contributed by atoms with van der Waals surface area (Å²) in [6.07, 6.45) is 4.95. The van der Waals surface area contributed by atoms with Gasteiger partial charge >= 0.3 is 0 Å². The molecule has 0 fully saturated rings. The fourth-order valence-electron chi connectivity index (χ4n) is 2.23. The van der Waals surface area contributed by atoms with Gasteiger partial charge in [0.2, 0.25) is 5.88 Å². The van der Waals surface area contributed by atoms with E-state index in [2.05, 4.69) is 25.7 Å². The van der Waals surface area contributed by atoms with E-state index in [4.69, 9.17) is 4.74 Å². The van der Waals surface area contributed by atoms with Gasteiger partial charge in [-0.1, -0.05) is 13.8 Å². The van der Waals surface area contributed by atoms with Crippen molar-refractivity contribution in [3.05, 3.63) is 47.7 Å². The molecule has 0 bridgehead atoms. The molecule has 9 heteroatoms. The molecule has 0 aliphatic carbocycles. The van der Waals surface area contributed by atoms with Crippen molar-refractivity contribution in [2.45, 2.75) is 20.4 Å². The quantitative estimate of drug-likeness (QED) is 0.462. The fourth-order valence-corrected chi connectivity index (χ4v) is 2.23. The number of ether oxygens (including phenoxy) is 1. The lowest BCUT2D eigenvalue weighted by molar-refractivity contribution is 0.112. The minimum atomic E-state index is -0.444. The average Bonchev–Trinajstić information content (AvgIpc) is 3.12. The third kappa shape index (κ3) is 5.20. The number of hydrogen-bond donors (Lipinski definition) is 2. The van der Waals surface area contributed by atoms with Crippen LogP contribution in [0.25, 0.3) is 5.65 Å². The van der Waals surface area contributed by atoms with E-state index in [1.165, 1.54) is 16.8 Å². The zero-order chi connectivity index (χ0) is 19.6. The molecule has 3 rings (SSSR count). The Bertz CT molecular complexity index is 883. The zero-order valence-corrected chi connectivity index (χ0v) is 15.6. The minimum Gasteiger partial charge on any atom is -0.476 e. The molecule has 0 aromatic carbocycles. The van der Waals surface area contributed by atoms with Gasteiger partial charge in [-0.05, 0) is 19.2 Å². The summed E-state index contributed by atoms with van der Waals surface area (Å²) < 4.78 is 20.6. The highest BCUT2D eigenvalue weighted by Crippen LogP contribution is 2.18. The second kappa shape index (κ2) is 10.2. The number of nitrogens with one attached hydrogen (secondary N) is 2. The van der Waals surface area contributed by atoms with E-state index in [1.54, 1.807) is 12.3 Å². The zero-order valence-electron chi connectivity index (χ0n) is 15.6. The van der Waals surface area contributed by atoms with Gasteiger partial charge in [0, 0.05) is 24.8 Å². The summed E-state index contributed by atoms with van der Waals surface area (Å²) in [7, 11) is 1.82. The molecule has 3 aromatic heterocycles. The van der Waals surface area contributed by atoms with Crippen molar-refractivity contribution >= 4 is 17.8 Å². The second-order valence-corrected chi connectivity index (χ2v) is 5.22. The molecule has 0 atom stereocenters. The summed E-state index contributed by atoms with van der Waals surface area (Å²) in [4.78, 5) is 19.3. The summed E-state index contributed by atoms with van der Waals surface area (Å²) in [6.45, 7) is 5.35. The SMILES string of the molecule is CC.CNCCOc1ncc(F)cc1CNc1ccn2ncc(C=O)c2n1. The molecule has 0 spiro atoms. The van der Waals surface area contributed by atoms with Crippen LogP contribution in [-0.4, -0.2) is 46.1 Å². The Morgan fingerprint density at radius 3 is 2.89 bits per heavy atom. The monoisotopic (exact) mass is 374 g/mol. The Kier molecular flexibility index (Phi) is 7.63. The van der Waals surface area contributed by atoms with Crippen LogP contribution in [-0.2, 0) is 6.54 Å². The Morgan fingerprint density at radius 1 is 1.33 bits per heavy atom. The number of aldehydes is 1. The van der Waals surface area contributed by atoms with E-state index >= 15 is 0 Å². The lowest BCUT2D eigenvalue weighted by atomic mass is 10.2. The molecule has 3 aromatic rings. The van der Waals surface area contributed by atoms with Gasteiger partial charge in [0.1, 0.15) is 18.2 Å². The maximum atomic E-state index is 13.5. The highest BCUT2D eigenvalue weighted by molar-refractivity contribution is 5.83. The normalized spacial score (nSPS) is 10.2. The van der Waals surface area contributed by atoms with Crippen LogP contribution in [0, 0.1) is 5.82 Å². The molecule has 0 aliphatic rings. The number of likely N-dealkylation sites (N-methyl/N-ethyl adjacent to an activating group) is 1. The van der Waals surface area contributed by atoms with Crippen molar-refractivity contribution in [2.75, 3.05) is 25.5 Å². The van der Waals surface area contributed by atoms with Crippen molar-refractivity contribution in [3.63, 3.8) is 0 Å². The van der Waals surface area contributed by atoms with Gasteiger partial charge in [-0.15, -0.1) is 0 Å². The molecule has 0 saturated carbocycles. The molecule has 3 heterocycles. The number of pyridine rings is 1. The number of anilines is 1. The molecule has 2 N–H and O–H groups in total. The highest BCUT2D eigenvalue weighted by atomic mass is 19.1. The number of hydrogen-bond acceptors (Lipinski definition) is 7. The van der Waals surface area contributed by atoms with E-state index < -0.39 is 5.82 Å². The van der Waals surface area contributed by atoms with Crippen molar-refractivity contribution in [1.82, 2.24) is 24.9 Å². The molecule has 27 heavy (non-hydrogen) atoms. The van der Waals surface area contributed by atoms with Crippen LogP contribution in [0.15, 0.2) is 30.7 Å². The molecule has 0 saturated heterocycles. The van der Waals surface area contributed by atoms with Crippen LogP contribution in [0.1, 0.15) is 29.8 Å². The summed E-state index contributed by atoms with van der Waals surface area (Å²) in [5.41, 5.74) is 1.41. The van der Waals surface area contributed by atoms with Crippen LogP contribution in [0.4, 0.5) is 10.2 Å². The first kappa shape index (κ1) is 20.2. The standard InChI is InChI=1S/C16H17FN6O2.C2H6/c1-18-3-5-25-16-11(6-13(17)9-20-16)7-19-14-2-4-23-15(22-14)12(10-24)8-21-23;1-2/h2,4,6,8-10,18H,3,5,7H2,1H3,(H,19,22);1-2H3. The molecule has 0 amide bonds. The number of aromatic nitrogens is 4.